The molecule has 1 heterocycles. The minimum absolute atomic E-state index is 0.220. The van der Waals surface area contributed by atoms with Crippen molar-refractivity contribution in [2.24, 2.45) is 5.73 Å². The van der Waals surface area contributed by atoms with Crippen LogP contribution in [0.5, 0.6) is 0 Å². The smallest absolute Gasteiger partial charge is 0.0270 e. The fourth-order valence-corrected chi connectivity index (χ4v) is 1.52. The van der Waals surface area contributed by atoms with E-state index in [1.54, 1.807) is 0 Å². The molecule has 2 atom stereocenters. The molecule has 0 fully saturated rings. The molecule has 0 aliphatic heterocycles. The lowest BCUT2D eigenvalue weighted by molar-refractivity contribution is 0.552. The SMILES string of the molecule is CCC(c1ccncc1)C(C)N. The molecular weight excluding hydrogens is 148 g/mol. The van der Waals surface area contributed by atoms with Crippen molar-refractivity contribution in [2.75, 3.05) is 0 Å². The lowest BCUT2D eigenvalue weighted by Gasteiger charge is -2.18. The van der Waals surface area contributed by atoms with Gasteiger partial charge in [-0.25, -0.2) is 0 Å². The first kappa shape index (κ1) is 9.20. The first-order valence-electron chi connectivity index (χ1n) is 4.41. The quantitative estimate of drug-likeness (QED) is 0.741. The van der Waals surface area contributed by atoms with Crippen molar-refractivity contribution >= 4 is 0 Å². The fourth-order valence-electron chi connectivity index (χ4n) is 1.52. The monoisotopic (exact) mass is 164 g/mol. The summed E-state index contributed by atoms with van der Waals surface area (Å²) in [6.45, 7) is 4.21. The number of nitrogens with two attached hydrogens (primary N) is 1. The van der Waals surface area contributed by atoms with Crippen molar-refractivity contribution in [3.8, 4) is 0 Å². The van der Waals surface area contributed by atoms with Crippen LogP contribution in [0, 0.1) is 0 Å². The molecule has 0 aliphatic carbocycles. The molecule has 1 aromatic heterocycles. The Morgan fingerprint density at radius 1 is 1.42 bits per heavy atom. The van der Waals surface area contributed by atoms with E-state index < -0.39 is 0 Å². The van der Waals surface area contributed by atoms with E-state index in [9.17, 15) is 0 Å². The van der Waals surface area contributed by atoms with Crippen LogP contribution in [0.25, 0.3) is 0 Å². The molecule has 66 valence electrons. The Bertz CT molecular complexity index is 219. The largest absolute Gasteiger partial charge is 0.327 e. The van der Waals surface area contributed by atoms with Gasteiger partial charge in [-0.05, 0) is 37.0 Å². The van der Waals surface area contributed by atoms with E-state index in [0.29, 0.717) is 5.92 Å². The highest BCUT2D eigenvalue weighted by Crippen LogP contribution is 2.20. The Hall–Kier alpha value is -0.890. The van der Waals surface area contributed by atoms with Gasteiger partial charge >= 0.3 is 0 Å². The van der Waals surface area contributed by atoms with E-state index in [-0.39, 0.29) is 6.04 Å². The van der Waals surface area contributed by atoms with Crippen molar-refractivity contribution in [1.29, 1.82) is 0 Å². The second-order valence-corrected chi connectivity index (χ2v) is 3.15. The van der Waals surface area contributed by atoms with Gasteiger partial charge in [0.1, 0.15) is 0 Å². The molecule has 0 saturated heterocycles. The highest BCUT2D eigenvalue weighted by atomic mass is 14.6. The summed E-state index contributed by atoms with van der Waals surface area (Å²) in [6.07, 6.45) is 4.72. The third-order valence-corrected chi connectivity index (χ3v) is 2.21. The first-order valence-corrected chi connectivity index (χ1v) is 4.41. The molecule has 0 amide bonds. The van der Waals surface area contributed by atoms with E-state index >= 15 is 0 Å². The topological polar surface area (TPSA) is 38.9 Å². The summed E-state index contributed by atoms with van der Waals surface area (Å²) in [5.41, 5.74) is 7.15. The number of pyridine rings is 1. The van der Waals surface area contributed by atoms with E-state index in [0.717, 1.165) is 6.42 Å². The number of nitrogens with zero attached hydrogens (tertiary/aromatic N) is 1. The van der Waals surface area contributed by atoms with Gasteiger partial charge < -0.3 is 5.73 Å². The van der Waals surface area contributed by atoms with Crippen LogP contribution in [0.2, 0.25) is 0 Å². The van der Waals surface area contributed by atoms with Crippen LogP contribution in [-0.4, -0.2) is 11.0 Å². The van der Waals surface area contributed by atoms with Crippen molar-refractivity contribution in [3.05, 3.63) is 30.1 Å². The van der Waals surface area contributed by atoms with Gasteiger partial charge in [0.15, 0.2) is 0 Å². The molecule has 1 rings (SSSR count). The van der Waals surface area contributed by atoms with Crippen molar-refractivity contribution < 1.29 is 0 Å². The van der Waals surface area contributed by atoms with Crippen LogP contribution < -0.4 is 5.73 Å². The third-order valence-electron chi connectivity index (χ3n) is 2.21. The molecule has 2 nitrogen and oxygen atoms in total. The van der Waals surface area contributed by atoms with Crippen LogP contribution in [0.3, 0.4) is 0 Å². The van der Waals surface area contributed by atoms with Gasteiger partial charge in [0, 0.05) is 18.4 Å². The van der Waals surface area contributed by atoms with Crippen LogP contribution in [0.1, 0.15) is 31.7 Å². The van der Waals surface area contributed by atoms with Gasteiger partial charge in [-0.2, -0.15) is 0 Å². The van der Waals surface area contributed by atoms with E-state index in [4.69, 9.17) is 5.73 Å². The van der Waals surface area contributed by atoms with E-state index in [2.05, 4.69) is 18.8 Å². The summed E-state index contributed by atoms with van der Waals surface area (Å²) >= 11 is 0. The highest BCUT2D eigenvalue weighted by Gasteiger charge is 2.12. The average molecular weight is 164 g/mol. The number of aromatic nitrogens is 1. The zero-order chi connectivity index (χ0) is 8.97. The van der Waals surface area contributed by atoms with Crippen molar-refractivity contribution in [1.82, 2.24) is 4.98 Å². The first-order chi connectivity index (χ1) is 5.75. The number of rotatable bonds is 3. The van der Waals surface area contributed by atoms with Crippen LogP contribution in [-0.2, 0) is 0 Å². The minimum Gasteiger partial charge on any atom is -0.327 e. The Kier molecular flexibility index (Phi) is 3.23. The zero-order valence-electron chi connectivity index (χ0n) is 7.70. The summed E-state index contributed by atoms with van der Waals surface area (Å²) in [5.74, 6) is 0.466. The molecule has 0 aromatic carbocycles. The van der Waals surface area contributed by atoms with Crippen LogP contribution in [0.4, 0.5) is 0 Å². The molecule has 0 bridgehead atoms. The molecule has 0 saturated carbocycles. The Balaban J connectivity index is 2.80. The van der Waals surface area contributed by atoms with Crippen LogP contribution >= 0.6 is 0 Å². The fraction of sp³-hybridized carbons (Fsp3) is 0.500. The Morgan fingerprint density at radius 3 is 2.42 bits per heavy atom. The molecule has 2 unspecified atom stereocenters. The molecule has 2 N–H and O–H groups in total. The normalized spacial score (nSPS) is 15.6. The van der Waals surface area contributed by atoms with Gasteiger partial charge in [0.25, 0.3) is 0 Å². The Labute approximate surface area is 73.8 Å². The molecular formula is C10H16N2. The highest BCUT2D eigenvalue weighted by molar-refractivity contribution is 5.17. The maximum absolute atomic E-state index is 5.86. The zero-order valence-corrected chi connectivity index (χ0v) is 7.70. The Morgan fingerprint density at radius 2 is 2.00 bits per heavy atom. The molecule has 1 aromatic rings. The molecule has 0 spiro atoms. The molecule has 0 aliphatic rings. The molecule has 12 heavy (non-hydrogen) atoms. The maximum atomic E-state index is 5.86. The predicted molar refractivity (Wildman–Crippen MR) is 50.9 cm³/mol. The summed E-state index contributed by atoms with van der Waals surface area (Å²) in [4.78, 5) is 3.98. The van der Waals surface area contributed by atoms with Gasteiger partial charge in [-0.1, -0.05) is 6.92 Å². The van der Waals surface area contributed by atoms with Gasteiger partial charge in [0.05, 0.1) is 0 Å². The predicted octanol–water partition coefficient (Wildman–Crippen LogP) is 1.92. The van der Waals surface area contributed by atoms with Crippen molar-refractivity contribution in [2.45, 2.75) is 32.2 Å². The van der Waals surface area contributed by atoms with Crippen molar-refractivity contribution in [3.63, 3.8) is 0 Å². The lowest BCUT2D eigenvalue weighted by atomic mass is 9.91. The number of hydrogen-bond donors (Lipinski definition) is 1. The van der Waals surface area contributed by atoms with Gasteiger partial charge in [0.2, 0.25) is 0 Å². The van der Waals surface area contributed by atoms with Gasteiger partial charge in [-0.3, -0.25) is 4.98 Å². The molecule has 0 radical (unpaired) electrons. The maximum Gasteiger partial charge on any atom is 0.0270 e. The second kappa shape index (κ2) is 4.21. The average Bonchev–Trinajstić information content (AvgIpc) is 2.07. The minimum atomic E-state index is 0.220. The van der Waals surface area contributed by atoms with Crippen LogP contribution in [0.15, 0.2) is 24.5 Å². The number of hydrogen-bond acceptors (Lipinski definition) is 2. The van der Waals surface area contributed by atoms with E-state index in [1.165, 1.54) is 5.56 Å². The summed E-state index contributed by atoms with van der Waals surface area (Å²) in [7, 11) is 0. The standard InChI is InChI=1S/C10H16N2/c1-3-10(8(2)11)9-4-6-12-7-5-9/h4-8,10H,3,11H2,1-2H3. The summed E-state index contributed by atoms with van der Waals surface area (Å²) < 4.78 is 0. The lowest BCUT2D eigenvalue weighted by Crippen LogP contribution is -2.24. The molecule has 2 heteroatoms. The van der Waals surface area contributed by atoms with E-state index in [1.807, 2.05) is 24.5 Å². The third kappa shape index (κ3) is 2.05. The summed E-state index contributed by atoms with van der Waals surface area (Å²) in [6, 6.07) is 4.30. The van der Waals surface area contributed by atoms with Gasteiger partial charge in [-0.15, -0.1) is 0 Å². The summed E-state index contributed by atoms with van der Waals surface area (Å²) in [5, 5.41) is 0. The second-order valence-electron chi connectivity index (χ2n) is 3.15.